The molecule has 0 spiro atoms. The number of carbonyl (C=O) groups is 2. The van der Waals surface area contributed by atoms with Crippen LogP contribution in [0.25, 0.3) is 32.9 Å². The van der Waals surface area contributed by atoms with Gasteiger partial charge in [0.2, 0.25) is 0 Å². The van der Waals surface area contributed by atoms with Crippen LogP contribution in [0.3, 0.4) is 0 Å². The zero-order chi connectivity index (χ0) is 43.6. The highest BCUT2D eigenvalue weighted by Gasteiger charge is 2.48. The molecule has 0 N–H and O–H groups in total. The molecule has 2 bridgehead atoms. The lowest BCUT2D eigenvalue weighted by molar-refractivity contribution is -0.0367. The molecule has 1 aliphatic carbocycles. The summed E-state index contributed by atoms with van der Waals surface area (Å²) in [5, 5.41) is 6.42. The van der Waals surface area contributed by atoms with Gasteiger partial charge in [-0.25, -0.2) is 18.7 Å². The highest BCUT2D eigenvalue weighted by Crippen LogP contribution is 2.54. The number of fused-ring (bicyclic) bond motifs is 4. The smallest absolute Gasteiger partial charge is 0.410 e. The molecule has 5 fully saturated rings. The number of likely N-dealkylation sites (tertiary alicyclic amines) is 1. The van der Waals surface area contributed by atoms with Crippen molar-refractivity contribution in [3.63, 3.8) is 0 Å². The molecule has 1 amide bonds. The molecule has 14 nitrogen and oxygen atoms in total. The molecular weight excluding hydrogens is 808 g/mol. The minimum atomic E-state index is -0.610. The van der Waals surface area contributed by atoms with E-state index in [0.717, 1.165) is 78.8 Å². The van der Waals surface area contributed by atoms with Crippen LogP contribution in [0.4, 0.5) is 15.0 Å². The molecule has 332 valence electrons. The van der Waals surface area contributed by atoms with Crippen molar-refractivity contribution in [2.24, 2.45) is 0 Å². The molecule has 5 aliphatic rings. The molecule has 6 heterocycles. The Morgan fingerprint density at radius 3 is 2.40 bits per heavy atom. The van der Waals surface area contributed by atoms with E-state index in [1.807, 2.05) is 55.6 Å². The summed E-state index contributed by atoms with van der Waals surface area (Å²) in [6.45, 7) is 10.2. The van der Waals surface area contributed by atoms with Gasteiger partial charge in [-0.3, -0.25) is 0 Å². The number of nitrogens with zero attached hydrogens (tertiary/aromatic N) is 6. The van der Waals surface area contributed by atoms with Crippen LogP contribution < -0.4 is 14.4 Å². The van der Waals surface area contributed by atoms with E-state index in [4.69, 9.17) is 43.5 Å². The maximum Gasteiger partial charge on any atom is 0.410 e. The van der Waals surface area contributed by atoms with Crippen LogP contribution >= 0.6 is 0 Å². The minimum Gasteiger partial charge on any atom is -0.486 e. The third-order valence-corrected chi connectivity index (χ3v) is 13.1. The molecule has 1 saturated carbocycles. The van der Waals surface area contributed by atoms with Gasteiger partial charge in [0.1, 0.15) is 36.0 Å². The molecule has 1 unspecified atom stereocenters. The third-order valence-electron chi connectivity index (χ3n) is 13.1. The lowest BCUT2D eigenvalue weighted by Crippen LogP contribution is -2.50. The lowest BCUT2D eigenvalue weighted by atomic mass is 9.88. The Labute approximate surface area is 365 Å². The van der Waals surface area contributed by atoms with E-state index >= 15 is 4.39 Å². The Bertz CT molecular complexity index is 2560. The standard InChI is InChI=1S/C48H55FN6O8/c1-27-37(49)21-38-36(22-50-55(38)39-10-6-7-17-60-39)40(27)41-34(29-15-16-29)20-35-42(43(41)61-25-28-11-13-30(14-12-28)45(56)58-5)51-46(62-26-33-9-8-18-59-33)52-44(35)53-23-32-19-31(53)24-54(32)47(57)63-48(2,3)4/h11-14,20-22,29,31-33,39H,6-10,15-19,23-26H2,1-5H3/t31-,32-,33-,39?/m0/s1. The fourth-order valence-electron chi connectivity index (χ4n) is 9.77. The molecular formula is C48H55FN6O8. The van der Waals surface area contributed by atoms with Crippen molar-refractivity contribution >= 4 is 39.7 Å². The fraction of sp³-hybridized carbons (Fsp3) is 0.521. The average molecular weight is 863 g/mol. The number of anilines is 1. The summed E-state index contributed by atoms with van der Waals surface area (Å²) in [6.07, 6.45) is 8.42. The van der Waals surface area contributed by atoms with E-state index in [1.54, 1.807) is 18.2 Å². The van der Waals surface area contributed by atoms with E-state index in [9.17, 15) is 9.59 Å². The van der Waals surface area contributed by atoms with Crippen LogP contribution in [-0.2, 0) is 25.6 Å². The second-order valence-corrected chi connectivity index (χ2v) is 18.6. The topological polar surface area (TPSA) is 140 Å². The van der Waals surface area contributed by atoms with Crippen molar-refractivity contribution in [3.8, 4) is 22.9 Å². The van der Waals surface area contributed by atoms with Gasteiger partial charge in [0.25, 0.3) is 0 Å². The third kappa shape index (κ3) is 8.02. The number of hydrogen-bond donors (Lipinski definition) is 0. The van der Waals surface area contributed by atoms with E-state index in [1.165, 1.54) is 7.11 Å². The Balaban J connectivity index is 1.16. The Kier molecular flexibility index (Phi) is 10.9. The second kappa shape index (κ2) is 16.5. The first kappa shape index (κ1) is 41.5. The van der Waals surface area contributed by atoms with Crippen LogP contribution in [0, 0.1) is 12.7 Å². The van der Waals surface area contributed by atoms with E-state index in [-0.39, 0.29) is 61.5 Å². The summed E-state index contributed by atoms with van der Waals surface area (Å²) in [5.41, 5.74) is 4.76. The number of esters is 1. The number of ether oxygens (including phenoxy) is 6. The first-order chi connectivity index (χ1) is 30.4. The van der Waals surface area contributed by atoms with E-state index in [0.29, 0.717) is 65.6 Å². The number of methoxy groups -OCH3 is 1. The van der Waals surface area contributed by atoms with Crippen molar-refractivity contribution in [2.45, 2.75) is 122 Å². The van der Waals surface area contributed by atoms with Gasteiger partial charge in [0, 0.05) is 54.3 Å². The van der Waals surface area contributed by atoms with Gasteiger partial charge in [-0.05, 0) is 120 Å². The monoisotopic (exact) mass is 862 g/mol. The normalized spacial score (nSPS) is 22.3. The average Bonchev–Trinajstić information content (AvgIpc) is 3.60. The number of piperazine rings is 1. The van der Waals surface area contributed by atoms with Gasteiger partial charge in [-0.1, -0.05) is 12.1 Å². The van der Waals surface area contributed by atoms with Gasteiger partial charge >= 0.3 is 18.1 Å². The summed E-state index contributed by atoms with van der Waals surface area (Å²) in [4.78, 5) is 40.1. The van der Waals surface area contributed by atoms with Crippen LogP contribution in [0.5, 0.6) is 11.8 Å². The summed E-state index contributed by atoms with van der Waals surface area (Å²) in [5.74, 6) is 0.577. The molecule has 4 saturated heterocycles. The van der Waals surface area contributed by atoms with Crippen molar-refractivity contribution in [1.29, 1.82) is 0 Å². The highest BCUT2D eigenvalue weighted by molar-refractivity contribution is 6.06. The van der Waals surface area contributed by atoms with Crippen LogP contribution in [0.1, 0.15) is 111 Å². The largest absolute Gasteiger partial charge is 0.486 e. The van der Waals surface area contributed by atoms with Crippen LogP contribution in [0.2, 0.25) is 0 Å². The number of hydrogen-bond acceptors (Lipinski definition) is 12. The van der Waals surface area contributed by atoms with Crippen molar-refractivity contribution in [1.82, 2.24) is 24.6 Å². The Morgan fingerprint density at radius 1 is 0.905 bits per heavy atom. The molecule has 5 aromatic rings. The fourth-order valence-corrected chi connectivity index (χ4v) is 9.77. The number of amides is 1. The highest BCUT2D eigenvalue weighted by atomic mass is 19.1. The maximum absolute atomic E-state index is 16.6. The molecule has 4 aliphatic heterocycles. The van der Waals surface area contributed by atoms with E-state index in [2.05, 4.69) is 11.0 Å². The molecule has 0 radical (unpaired) electrons. The summed E-state index contributed by atoms with van der Waals surface area (Å²) >= 11 is 0. The molecule has 15 heteroatoms. The second-order valence-electron chi connectivity index (χ2n) is 18.6. The first-order valence-corrected chi connectivity index (χ1v) is 22.4. The van der Waals surface area contributed by atoms with Crippen molar-refractivity contribution in [3.05, 3.63) is 70.7 Å². The van der Waals surface area contributed by atoms with Gasteiger partial charge in [-0.2, -0.15) is 15.1 Å². The SMILES string of the molecule is COC(=O)c1ccc(COc2c(-c3c(C)c(F)cc4c3cnn4C3CCCCO3)c(C3CC3)cc3c(N4C[C@@H]5C[C@H]4CN5C(=O)OC(C)(C)C)nc(OC[C@@H]4CCCO4)nc23)cc1. The zero-order valence-electron chi connectivity index (χ0n) is 36.7. The molecule has 10 rings (SSSR count). The summed E-state index contributed by atoms with van der Waals surface area (Å²) in [6, 6.07) is 11.0. The van der Waals surface area contributed by atoms with Gasteiger partial charge in [-0.15, -0.1) is 0 Å². The Hall–Kier alpha value is -5.54. The van der Waals surface area contributed by atoms with Gasteiger partial charge in [0.05, 0.1) is 42.6 Å². The van der Waals surface area contributed by atoms with Crippen LogP contribution in [0.15, 0.2) is 42.6 Å². The Morgan fingerprint density at radius 2 is 1.71 bits per heavy atom. The predicted molar refractivity (Wildman–Crippen MR) is 233 cm³/mol. The number of carbonyl (C=O) groups excluding carboxylic acids is 2. The quantitative estimate of drug-likeness (QED) is 0.117. The van der Waals surface area contributed by atoms with Crippen LogP contribution in [-0.4, -0.2) is 101 Å². The van der Waals surface area contributed by atoms with Gasteiger partial charge < -0.3 is 38.2 Å². The van der Waals surface area contributed by atoms with Crippen molar-refractivity contribution in [2.75, 3.05) is 44.9 Å². The summed E-state index contributed by atoms with van der Waals surface area (Å²) in [7, 11) is 1.36. The van der Waals surface area contributed by atoms with Crippen molar-refractivity contribution < 1.29 is 42.4 Å². The molecule has 3 aromatic carbocycles. The minimum absolute atomic E-state index is 0.0219. The number of rotatable bonds is 11. The van der Waals surface area contributed by atoms with E-state index < -0.39 is 11.6 Å². The number of aromatic nitrogens is 4. The predicted octanol–water partition coefficient (Wildman–Crippen LogP) is 8.79. The first-order valence-electron chi connectivity index (χ1n) is 22.4. The maximum atomic E-state index is 16.6. The molecule has 63 heavy (non-hydrogen) atoms. The zero-order valence-corrected chi connectivity index (χ0v) is 36.7. The number of benzene rings is 3. The summed E-state index contributed by atoms with van der Waals surface area (Å²) < 4.78 is 54.8. The molecule has 2 aromatic heterocycles. The lowest BCUT2D eigenvalue weighted by Gasteiger charge is -2.36. The van der Waals surface area contributed by atoms with Gasteiger partial charge in [0.15, 0.2) is 12.0 Å². The molecule has 4 atom stereocenters. The number of halogens is 1.